The van der Waals surface area contributed by atoms with Crippen molar-refractivity contribution >= 4 is 11.8 Å². The van der Waals surface area contributed by atoms with Crippen molar-refractivity contribution in [2.45, 2.75) is 51.2 Å². The van der Waals surface area contributed by atoms with Crippen LogP contribution in [0, 0.1) is 5.92 Å². The van der Waals surface area contributed by atoms with Crippen LogP contribution in [0.5, 0.6) is 0 Å². The molecule has 1 aliphatic carbocycles. The van der Waals surface area contributed by atoms with Gasteiger partial charge >= 0.3 is 0 Å². The van der Waals surface area contributed by atoms with Gasteiger partial charge in [-0.05, 0) is 24.0 Å². The summed E-state index contributed by atoms with van der Waals surface area (Å²) in [6, 6.07) is 8.33. The number of benzene rings is 1. The zero-order chi connectivity index (χ0) is 18.6. The summed E-state index contributed by atoms with van der Waals surface area (Å²) in [5, 5.41) is 7.17. The van der Waals surface area contributed by atoms with Gasteiger partial charge in [0.1, 0.15) is 12.7 Å². The number of nitrogens with one attached hydrogen (secondary N) is 1. The Kier molecular flexibility index (Phi) is 5.18. The van der Waals surface area contributed by atoms with E-state index in [1.165, 1.54) is 19.2 Å². The van der Waals surface area contributed by atoms with E-state index in [4.69, 9.17) is 0 Å². The second-order valence-corrected chi connectivity index (χ2v) is 7.47. The number of amides is 2. The van der Waals surface area contributed by atoms with Gasteiger partial charge in [0.25, 0.3) is 0 Å². The molecule has 1 aliphatic heterocycles. The maximum Gasteiger partial charge on any atom is 0.225 e. The van der Waals surface area contributed by atoms with E-state index in [0.29, 0.717) is 32.1 Å². The molecule has 2 aromatic rings. The lowest BCUT2D eigenvalue weighted by Gasteiger charge is -2.23. The number of carbonyl (C=O) groups excluding carboxylic acids is 2. The van der Waals surface area contributed by atoms with E-state index < -0.39 is 0 Å². The van der Waals surface area contributed by atoms with Crippen molar-refractivity contribution in [3.05, 3.63) is 48.0 Å². The average Bonchev–Trinajstić information content (AvgIpc) is 3.42. The summed E-state index contributed by atoms with van der Waals surface area (Å²) in [6.45, 7) is 1.64. The molecule has 0 spiro atoms. The third-order valence-corrected chi connectivity index (χ3v) is 5.67. The van der Waals surface area contributed by atoms with Gasteiger partial charge < -0.3 is 10.2 Å². The van der Waals surface area contributed by atoms with Crippen LogP contribution in [0.4, 0.5) is 0 Å². The topological polar surface area (TPSA) is 80.1 Å². The highest BCUT2D eigenvalue weighted by Crippen LogP contribution is 2.29. The zero-order valence-corrected chi connectivity index (χ0v) is 15.4. The minimum Gasteiger partial charge on any atom is -0.352 e. The Morgan fingerprint density at radius 2 is 1.96 bits per heavy atom. The lowest BCUT2D eigenvalue weighted by atomic mass is 10.1. The molecule has 27 heavy (non-hydrogen) atoms. The molecule has 1 saturated heterocycles. The van der Waals surface area contributed by atoms with Crippen LogP contribution >= 0.6 is 0 Å². The van der Waals surface area contributed by atoms with Crippen LogP contribution in [0.25, 0.3) is 0 Å². The van der Waals surface area contributed by atoms with Gasteiger partial charge in [-0.1, -0.05) is 37.1 Å². The average molecular weight is 367 g/mol. The fraction of sp³-hybridized carbons (Fsp3) is 0.500. The maximum absolute atomic E-state index is 12.6. The molecule has 0 bridgehead atoms. The normalized spacial score (nSPS) is 20.4. The SMILES string of the molecule is O=C(NCc1ccccc1Cn1cncn1)C1CC(=O)N(C2CCCC2)C1. The van der Waals surface area contributed by atoms with E-state index in [1.807, 2.05) is 29.2 Å². The first-order valence-corrected chi connectivity index (χ1v) is 9.67. The van der Waals surface area contributed by atoms with Crippen molar-refractivity contribution < 1.29 is 9.59 Å². The van der Waals surface area contributed by atoms with E-state index in [2.05, 4.69) is 15.4 Å². The van der Waals surface area contributed by atoms with Gasteiger partial charge in [-0.3, -0.25) is 9.59 Å². The van der Waals surface area contributed by atoms with Crippen molar-refractivity contribution in [2.75, 3.05) is 6.54 Å². The minimum absolute atomic E-state index is 0.0283. The Morgan fingerprint density at radius 3 is 2.70 bits per heavy atom. The summed E-state index contributed by atoms with van der Waals surface area (Å²) < 4.78 is 1.76. The number of hydrogen-bond donors (Lipinski definition) is 1. The third kappa shape index (κ3) is 4.02. The fourth-order valence-corrected chi connectivity index (χ4v) is 4.18. The van der Waals surface area contributed by atoms with Gasteiger partial charge in [-0.2, -0.15) is 5.10 Å². The first-order chi connectivity index (χ1) is 13.2. The molecule has 2 fully saturated rings. The monoisotopic (exact) mass is 367 g/mol. The van der Waals surface area contributed by atoms with Gasteiger partial charge in [0.2, 0.25) is 11.8 Å². The summed E-state index contributed by atoms with van der Waals surface area (Å²) in [6.07, 6.45) is 8.06. The first kappa shape index (κ1) is 17.7. The molecule has 0 radical (unpaired) electrons. The molecule has 1 aromatic carbocycles. The Balaban J connectivity index is 1.35. The Labute approximate surface area is 158 Å². The maximum atomic E-state index is 12.6. The number of carbonyl (C=O) groups is 2. The van der Waals surface area contributed by atoms with E-state index >= 15 is 0 Å². The molecule has 7 nitrogen and oxygen atoms in total. The van der Waals surface area contributed by atoms with Crippen LogP contribution < -0.4 is 5.32 Å². The summed E-state index contributed by atoms with van der Waals surface area (Å²) in [7, 11) is 0. The zero-order valence-electron chi connectivity index (χ0n) is 15.4. The number of hydrogen-bond acceptors (Lipinski definition) is 4. The molecule has 1 N–H and O–H groups in total. The molecule has 1 aromatic heterocycles. The fourth-order valence-electron chi connectivity index (χ4n) is 4.18. The van der Waals surface area contributed by atoms with E-state index in [-0.39, 0.29) is 17.7 Å². The summed E-state index contributed by atoms with van der Waals surface area (Å²) in [5.74, 6) is -0.131. The van der Waals surface area contributed by atoms with Crippen LogP contribution in [0.2, 0.25) is 0 Å². The predicted octanol–water partition coefficient (Wildman–Crippen LogP) is 1.73. The molecular weight excluding hydrogens is 342 g/mol. The number of rotatable bonds is 6. The van der Waals surface area contributed by atoms with E-state index in [9.17, 15) is 9.59 Å². The van der Waals surface area contributed by atoms with Crippen molar-refractivity contribution in [1.82, 2.24) is 25.0 Å². The Morgan fingerprint density at radius 1 is 1.19 bits per heavy atom. The lowest BCUT2D eigenvalue weighted by Crippen LogP contribution is -2.36. The first-order valence-electron chi connectivity index (χ1n) is 9.67. The smallest absolute Gasteiger partial charge is 0.225 e. The highest BCUT2D eigenvalue weighted by molar-refractivity contribution is 5.89. The quantitative estimate of drug-likeness (QED) is 0.843. The van der Waals surface area contributed by atoms with Crippen LogP contribution in [0.15, 0.2) is 36.9 Å². The van der Waals surface area contributed by atoms with Gasteiger partial charge in [0, 0.05) is 25.6 Å². The third-order valence-electron chi connectivity index (χ3n) is 5.67. The van der Waals surface area contributed by atoms with Crippen LogP contribution in [0.1, 0.15) is 43.2 Å². The van der Waals surface area contributed by atoms with Crippen LogP contribution in [-0.2, 0) is 22.7 Å². The molecule has 7 heteroatoms. The van der Waals surface area contributed by atoms with E-state index in [0.717, 1.165) is 24.0 Å². The molecule has 2 amide bonds. The molecule has 142 valence electrons. The summed E-state index contributed by atoms with van der Waals surface area (Å²) in [4.78, 5) is 30.9. The largest absolute Gasteiger partial charge is 0.352 e. The number of nitrogens with zero attached hydrogens (tertiary/aromatic N) is 4. The highest BCUT2D eigenvalue weighted by atomic mass is 16.2. The Hall–Kier alpha value is -2.70. The van der Waals surface area contributed by atoms with Crippen molar-refractivity contribution in [3.8, 4) is 0 Å². The second-order valence-electron chi connectivity index (χ2n) is 7.47. The molecular formula is C20H25N5O2. The van der Waals surface area contributed by atoms with Crippen LogP contribution in [-0.4, -0.2) is 44.1 Å². The standard InChI is InChI=1S/C20H25N5O2/c26-19-9-17(12-25(19)18-7-3-4-8-18)20(27)22-10-15-5-1-2-6-16(15)11-24-14-21-13-23-24/h1-2,5-6,13-14,17-18H,3-4,7-12H2,(H,22,27). The lowest BCUT2D eigenvalue weighted by molar-refractivity contribution is -0.130. The summed E-state index contributed by atoms with van der Waals surface area (Å²) in [5.41, 5.74) is 2.15. The molecule has 1 unspecified atom stereocenters. The van der Waals surface area contributed by atoms with Crippen molar-refractivity contribution in [3.63, 3.8) is 0 Å². The van der Waals surface area contributed by atoms with Crippen molar-refractivity contribution in [2.24, 2.45) is 5.92 Å². The Bertz CT molecular complexity index is 798. The number of likely N-dealkylation sites (tertiary alicyclic amines) is 1. The molecule has 2 heterocycles. The van der Waals surface area contributed by atoms with E-state index in [1.54, 1.807) is 11.0 Å². The second kappa shape index (κ2) is 7.90. The number of aromatic nitrogens is 3. The molecule has 2 aliphatic rings. The van der Waals surface area contributed by atoms with Gasteiger partial charge in [-0.15, -0.1) is 0 Å². The minimum atomic E-state index is -0.236. The predicted molar refractivity (Wildman–Crippen MR) is 99.5 cm³/mol. The van der Waals surface area contributed by atoms with Gasteiger partial charge in [0.15, 0.2) is 0 Å². The molecule has 1 saturated carbocycles. The molecule has 1 atom stereocenters. The molecule has 4 rings (SSSR count). The van der Waals surface area contributed by atoms with Crippen molar-refractivity contribution in [1.29, 1.82) is 0 Å². The van der Waals surface area contributed by atoms with Gasteiger partial charge in [0.05, 0.1) is 12.5 Å². The van der Waals surface area contributed by atoms with Crippen LogP contribution in [0.3, 0.4) is 0 Å². The van der Waals surface area contributed by atoms with Gasteiger partial charge in [-0.25, -0.2) is 9.67 Å². The summed E-state index contributed by atoms with van der Waals surface area (Å²) >= 11 is 0. The highest BCUT2D eigenvalue weighted by Gasteiger charge is 2.38.